The lowest BCUT2D eigenvalue weighted by Crippen LogP contribution is -2.40. The van der Waals surface area contributed by atoms with Crippen LogP contribution in [0.2, 0.25) is 0 Å². The molecule has 4 heteroatoms. The number of amides is 1. The van der Waals surface area contributed by atoms with E-state index in [9.17, 15) is 9.90 Å². The summed E-state index contributed by atoms with van der Waals surface area (Å²) in [4.78, 5) is 11.9. The zero-order chi connectivity index (χ0) is 13.7. The van der Waals surface area contributed by atoms with Crippen molar-refractivity contribution >= 4 is 11.6 Å². The van der Waals surface area contributed by atoms with Gasteiger partial charge in [0.1, 0.15) is 5.75 Å². The van der Waals surface area contributed by atoms with E-state index in [1.807, 2.05) is 30.3 Å². The molecule has 0 heterocycles. The molecular weight excluding hydrogens is 240 g/mol. The number of nitrogens with one attached hydrogen (secondary N) is 1. The van der Waals surface area contributed by atoms with E-state index in [-0.39, 0.29) is 18.1 Å². The molecule has 0 aliphatic rings. The maximum atomic E-state index is 11.9. The highest BCUT2D eigenvalue weighted by Crippen LogP contribution is 2.16. The number of phenols is 1. The summed E-state index contributed by atoms with van der Waals surface area (Å²) in [6, 6.07) is 16.4. The Morgan fingerprint density at radius 2 is 1.74 bits per heavy atom. The largest absolute Gasteiger partial charge is 0.508 e. The van der Waals surface area contributed by atoms with E-state index in [4.69, 9.17) is 0 Å². The average Bonchev–Trinajstić information content (AvgIpc) is 2.42. The molecule has 19 heavy (non-hydrogen) atoms. The van der Waals surface area contributed by atoms with Crippen LogP contribution in [0.1, 0.15) is 5.56 Å². The minimum absolute atomic E-state index is 0.139. The molecule has 2 N–H and O–H groups in total. The predicted molar refractivity (Wildman–Crippen MR) is 74.8 cm³/mol. The van der Waals surface area contributed by atoms with Crippen molar-refractivity contribution in [3.05, 3.63) is 60.2 Å². The van der Waals surface area contributed by atoms with Crippen LogP contribution in [0.3, 0.4) is 0 Å². The van der Waals surface area contributed by atoms with Crippen LogP contribution < -0.4 is 10.4 Å². The number of nitrogens with zero attached hydrogens (tertiary/aromatic N) is 1. The fourth-order valence-electron chi connectivity index (χ4n) is 1.78. The SMILES string of the molecule is CN(NC(=O)Cc1ccccc1O)c1ccccc1. The Morgan fingerprint density at radius 1 is 1.11 bits per heavy atom. The molecule has 0 fully saturated rings. The lowest BCUT2D eigenvalue weighted by molar-refractivity contribution is -0.120. The zero-order valence-electron chi connectivity index (χ0n) is 10.7. The van der Waals surface area contributed by atoms with Crippen LogP contribution >= 0.6 is 0 Å². The number of anilines is 1. The van der Waals surface area contributed by atoms with Gasteiger partial charge in [-0.3, -0.25) is 15.2 Å². The third kappa shape index (κ3) is 3.48. The predicted octanol–water partition coefficient (Wildman–Crippen LogP) is 2.10. The summed E-state index contributed by atoms with van der Waals surface area (Å²) in [5.74, 6) is -0.0344. The van der Waals surface area contributed by atoms with Crippen LogP contribution in [0.25, 0.3) is 0 Å². The standard InChI is InChI=1S/C15H16N2O2/c1-17(13-8-3-2-4-9-13)16-15(19)11-12-7-5-6-10-14(12)18/h2-10,18H,11H2,1H3,(H,16,19). The number of carbonyl (C=O) groups excluding carboxylic acids is 1. The minimum atomic E-state index is -0.173. The van der Waals surface area contributed by atoms with Gasteiger partial charge in [0.05, 0.1) is 12.1 Å². The number of hydrogen-bond acceptors (Lipinski definition) is 3. The third-order valence-corrected chi connectivity index (χ3v) is 2.78. The van der Waals surface area contributed by atoms with Gasteiger partial charge in [0, 0.05) is 12.6 Å². The van der Waals surface area contributed by atoms with Crippen molar-refractivity contribution in [2.45, 2.75) is 6.42 Å². The minimum Gasteiger partial charge on any atom is -0.508 e. The normalized spacial score (nSPS) is 9.95. The lowest BCUT2D eigenvalue weighted by atomic mass is 10.1. The van der Waals surface area contributed by atoms with Crippen LogP contribution in [0.5, 0.6) is 5.75 Å². The molecule has 2 rings (SSSR count). The molecule has 1 amide bonds. The van der Waals surface area contributed by atoms with Crippen LogP contribution in [0, 0.1) is 0 Å². The molecule has 0 saturated heterocycles. The quantitative estimate of drug-likeness (QED) is 0.824. The maximum absolute atomic E-state index is 11.9. The van der Waals surface area contributed by atoms with E-state index < -0.39 is 0 Å². The first-order valence-corrected chi connectivity index (χ1v) is 6.02. The topological polar surface area (TPSA) is 52.6 Å². The maximum Gasteiger partial charge on any atom is 0.243 e. The van der Waals surface area contributed by atoms with E-state index in [1.54, 1.807) is 36.3 Å². The van der Waals surface area contributed by atoms with Crippen molar-refractivity contribution in [1.82, 2.24) is 5.43 Å². The first-order chi connectivity index (χ1) is 9.16. The monoisotopic (exact) mass is 256 g/mol. The van der Waals surface area contributed by atoms with Crippen molar-refractivity contribution in [3.63, 3.8) is 0 Å². The van der Waals surface area contributed by atoms with Gasteiger partial charge in [0.15, 0.2) is 0 Å². The highest BCUT2D eigenvalue weighted by atomic mass is 16.3. The fourth-order valence-corrected chi connectivity index (χ4v) is 1.78. The molecule has 0 spiro atoms. The smallest absolute Gasteiger partial charge is 0.243 e. The Balaban J connectivity index is 1.97. The Morgan fingerprint density at radius 3 is 2.42 bits per heavy atom. The van der Waals surface area contributed by atoms with Gasteiger partial charge in [-0.25, -0.2) is 0 Å². The Kier molecular flexibility index (Phi) is 4.03. The number of hydrogen-bond donors (Lipinski definition) is 2. The van der Waals surface area contributed by atoms with Gasteiger partial charge in [0.25, 0.3) is 0 Å². The van der Waals surface area contributed by atoms with Gasteiger partial charge in [-0.1, -0.05) is 36.4 Å². The van der Waals surface area contributed by atoms with Gasteiger partial charge in [-0.2, -0.15) is 0 Å². The molecular formula is C15H16N2O2. The number of rotatable bonds is 4. The molecule has 2 aromatic rings. The van der Waals surface area contributed by atoms with Crippen LogP contribution in [-0.2, 0) is 11.2 Å². The molecule has 0 aromatic heterocycles. The number of aromatic hydroxyl groups is 1. The van der Waals surface area contributed by atoms with Crippen LogP contribution in [0.4, 0.5) is 5.69 Å². The van der Waals surface area contributed by atoms with Crippen LogP contribution in [0.15, 0.2) is 54.6 Å². The van der Waals surface area contributed by atoms with E-state index in [1.165, 1.54) is 0 Å². The van der Waals surface area contributed by atoms with Gasteiger partial charge >= 0.3 is 0 Å². The highest BCUT2D eigenvalue weighted by Gasteiger charge is 2.09. The average molecular weight is 256 g/mol. The van der Waals surface area contributed by atoms with E-state index in [0.717, 1.165) is 5.69 Å². The summed E-state index contributed by atoms with van der Waals surface area (Å²) >= 11 is 0. The second-order valence-corrected chi connectivity index (χ2v) is 4.24. The van der Waals surface area contributed by atoms with Crippen molar-refractivity contribution in [2.24, 2.45) is 0 Å². The van der Waals surface area contributed by atoms with Gasteiger partial charge < -0.3 is 5.11 Å². The number of para-hydroxylation sites is 2. The van der Waals surface area contributed by atoms with Gasteiger partial charge in [0.2, 0.25) is 5.91 Å². The first kappa shape index (κ1) is 13.0. The molecule has 0 aliphatic heterocycles. The molecule has 98 valence electrons. The second kappa shape index (κ2) is 5.91. The second-order valence-electron chi connectivity index (χ2n) is 4.24. The first-order valence-electron chi connectivity index (χ1n) is 6.02. The van der Waals surface area contributed by atoms with Gasteiger partial charge in [-0.15, -0.1) is 0 Å². The summed E-state index contributed by atoms with van der Waals surface area (Å²) in [5.41, 5.74) is 4.26. The van der Waals surface area contributed by atoms with Gasteiger partial charge in [-0.05, 0) is 18.2 Å². The summed E-state index contributed by atoms with van der Waals surface area (Å²) in [6.07, 6.45) is 0.143. The Hall–Kier alpha value is -2.49. The molecule has 0 unspecified atom stereocenters. The molecule has 4 nitrogen and oxygen atoms in total. The summed E-state index contributed by atoms with van der Waals surface area (Å²) < 4.78 is 0. The number of benzene rings is 2. The molecule has 0 aliphatic carbocycles. The number of carbonyl (C=O) groups is 1. The summed E-state index contributed by atoms with van der Waals surface area (Å²) in [6.45, 7) is 0. The van der Waals surface area contributed by atoms with E-state index in [2.05, 4.69) is 5.43 Å². The number of hydrazine groups is 1. The third-order valence-electron chi connectivity index (χ3n) is 2.78. The van der Waals surface area contributed by atoms with Crippen molar-refractivity contribution in [1.29, 1.82) is 0 Å². The summed E-state index contributed by atoms with van der Waals surface area (Å²) in [5, 5.41) is 11.3. The highest BCUT2D eigenvalue weighted by molar-refractivity contribution is 5.80. The fraction of sp³-hybridized carbons (Fsp3) is 0.133. The zero-order valence-corrected chi connectivity index (χ0v) is 10.7. The van der Waals surface area contributed by atoms with Crippen molar-refractivity contribution < 1.29 is 9.90 Å². The van der Waals surface area contributed by atoms with Crippen molar-refractivity contribution in [2.75, 3.05) is 12.1 Å². The van der Waals surface area contributed by atoms with Crippen LogP contribution in [-0.4, -0.2) is 18.1 Å². The van der Waals surface area contributed by atoms with E-state index >= 15 is 0 Å². The Labute approximate surface area is 112 Å². The van der Waals surface area contributed by atoms with E-state index in [0.29, 0.717) is 5.56 Å². The molecule has 2 aromatic carbocycles. The lowest BCUT2D eigenvalue weighted by Gasteiger charge is -2.20. The molecule has 0 atom stereocenters. The Bertz CT molecular complexity index is 555. The number of phenolic OH excluding ortho intramolecular Hbond substituents is 1. The van der Waals surface area contributed by atoms with Crippen molar-refractivity contribution in [3.8, 4) is 5.75 Å². The molecule has 0 bridgehead atoms. The summed E-state index contributed by atoms with van der Waals surface area (Å²) in [7, 11) is 1.78. The molecule has 0 saturated carbocycles. The molecule has 0 radical (unpaired) electrons.